The lowest BCUT2D eigenvalue weighted by Gasteiger charge is -2.40. The van der Waals surface area contributed by atoms with Gasteiger partial charge in [-0.25, -0.2) is 4.79 Å². The van der Waals surface area contributed by atoms with E-state index in [-0.39, 0.29) is 0 Å². The lowest BCUT2D eigenvalue weighted by molar-refractivity contribution is -0.194. The predicted octanol–water partition coefficient (Wildman–Crippen LogP) is -3.43. The molecular formula is C12H21NO9. The SMILES string of the molecule is [2H]C[C@@H](CC(=O)C(=O)O)[C@](O)(NC(C)=O)[C@@H](O)[C@H](O)[C@H](O)CO. The molecule has 0 fully saturated rings. The lowest BCUT2D eigenvalue weighted by atomic mass is 9.84. The number of aliphatic hydroxyl groups is 5. The fourth-order valence-electron chi connectivity index (χ4n) is 1.74. The maximum Gasteiger partial charge on any atom is 0.372 e. The van der Waals surface area contributed by atoms with Gasteiger partial charge in [0.25, 0.3) is 0 Å². The van der Waals surface area contributed by atoms with E-state index in [1.807, 2.05) is 5.32 Å². The third-order valence-electron chi connectivity index (χ3n) is 3.02. The lowest BCUT2D eigenvalue weighted by Crippen LogP contribution is -2.65. The van der Waals surface area contributed by atoms with E-state index in [2.05, 4.69) is 0 Å². The van der Waals surface area contributed by atoms with Crippen LogP contribution in [0.3, 0.4) is 0 Å². The molecule has 0 spiro atoms. The number of carbonyl (C=O) groups excluding carboxylic acids is 2. The zero-order chi connectivity index (χ0) is 18.4. The molecule has 22 heavy (non-hydrogen) atoms. The Morgan fingerprint density at radius 3 is 2.18 bits per heavy atom. The van der Waals surface area contributed by atoms with Crippen molar-refractivity contribution in [2.45, 2.75) is 44.3 Å². The molecule has 0 aliphatic carbocycles. The molecule has 0 aromatic heterocycles. The van der Waals surface area contributed by atoms with Crippen LogP contribution in [0.5, 0.6) is 0 Å². The van der Waals surface area contributed by atoms with Gasteiger partial charge in [-0.2, -0.15) is 0 Å². The van der Waals surface area contributed by atoms with Gasteiger partial charge in [-0.15, -0.1) is 0 Å². The molecule has 128 valence electrons. The van der Waals surface area contributed by atoms with Crippen molar-refractivity contribution in [3.05, 3.63) is 0 Å². The summed E-state index contributed by atoms with van der Waals surface area (Å²) in [4.78, 5) is 33.1. The highest BCUT2D eigenvalue weighted by atomic mass is 16.4. The van der Waals surface area contributed by atoms with Gasteiger partial charge in [-0.05, 0) is 0 Å². The number of Topliss-reactive ketones (excluding diaryl/α,β-unsaturated/α-hetero) is 1. The second-order valence-electron chi connectivity index (χ2n) is 4.82. The van der Waals surface area contributed by atoms with Gasteiger partial charge in [0.15, 0.2) is 5.72 Å². The molecule has 7 N–H and O–H groups in total. The number of carboxylic acids is 1. The maximum absolute atomic E-state index is 11.3. The third-order valence-corrected chi connectivity index (χ3v) is 3.02. The van der Waals surface area contributed by atoms with Crippen molar-refractivity contribution in [1.29, 1.82) is 0 Å². The standard InChI is InChI=1S/C12H21NO9/c1-5(3-7(16)11(20)21)12(22,13-6(2)15)10(19)9(18)8(17)4-14/h5,8-10,14,17-19,22H,3-4H2,1-2H3,(H,13,15)(H,20,21)/t5-,8+,9+,10-,12+/m0/s1/i1D. The molecule has 0 saturated carbocycles. The Labute approximate surface area is 127 Å². The van der Waals surface area contributed by atoms with Crippen molar-refractivity contribution in [3.63, 3.8) is 0 Å². The molecule has 1 amide bonds. The second kappa shape index (κ2) is 8.15. The smallest absolute Gasteiger partial charge is 0.372 e. The first-order valence-corrected chi connectivity index (χ1v) is 6.22. The van der Waals surface area contributed by atoms with Crippen LogP contribution in [0, 0.1) is 5.92 Å². The van der Waals surface area contributed by atoms with Crippen molar-refractivity contribution in [1.82, 2.24) is 5.32 Å². The van der Waals surface area contributed by atoms with E-state index < -0.39 is 67.5 Å². The Balaban J connectivity index is 5.62. The fourth-order valence-corrected chi connectivity index (χ4v) is 1.74. The van der Waals surface area contributed by atoms with Gasteiger partial charge in [0, 0.05) is 20.6 Å². The number of rotatable bonds is 9. The quantitative estimate of drug-likeness (QED) is 0.167. The van der Waals surface area contributed by atoms with Crippen LogP contribution in [0.1, 0.15) is 21.6 Å². The Bertz CT molecular complexity index is 446. The van der Waals surface area contributed by atoms with Crippen molar-refractivity contribution >= 4 is 17.7 Å². The Hall–Kier alpha value is -1.59. The summed E-state index contributed by atoms with van der Waals surface area (Å²) < 4.78 is 7.32. The molecule has 0 rings (SSSR count). The van der Waals surface area contributed by atoms with E-state index in [0.717, 1.165) is 6.92 Å². The number of carboxylic acid groups (broad SMARTS) is 1. The predicted molar refractivity (Wildman–Crippen MR) is 70.3 cm³/mol. The molecule has 0 aliphatic rings. The van der Waals surface area contributed by atoms with Gasteiger partial charge in [0.2, 0.25) is 11.7 Å². The average Bonchev–Trinajstić information content (AvgIpc) is 2.48. The van der Waals surface area contributed by atoms with Gasteiger partial charge in [0.05, 0.1) is 6.61 Å². The minimum Gasteiger partial charge on any atom is -0.476 e. The molecule has 0 saturated heterocycles. The van der Waals surface area contributed by atoms with Crippen molar-refractivity contribution in [2.75, 3.05) is 6.61 Å². The molecule has 10 nitrogen and oxygen atoms in total. The number of nitrogens with one attached hydrogen (secondary N) is 1. The summed E-state index contributed by atoms with van der Waals surface area (Å²) in [6.07, 6.45) is -7.22. The van der Waals surface area contributed by atoms with Crippen LogP contribution < -0.4 is 5.32 Å². The summed E-state index contributed by atoms with van der Waals surface area (Å²) >= 11 is 0. The van der Waals surface area contributed by atoms with Gasteiger partial charge < -0.3 is 36.0 Å². The number of hydrogen-bond donors (Lipinski definition) is 7. The summed E-state index contributed by atoms with van der Waals surface area (Å²) in [5.74, 6) is -5.71. The van der Waals surface area contributed by atoms with E-state index >= 15 is 0 Å². The van der Waals surface area contributed by atoms with Crippen LogP contribution in [0.2, 0.25) is 0 Å². The van der Waals surface area contributed by atoms with Crippen molar-refractivity contribution in [2.24, 2.45) is 5.92 Å². The summed E-state index contributed by atoms with van der Waals surface area (Å²) in [5.41, 5.74) is -2.77. The molecule has 0 aromatic rings. The first kappa shape index (κ1) is 18.5. The van der Waals surface area contributed by atoms with Crippen LogP contribution in [0.25, 0.3) is 0 Å². The Kier molecular flexibility index (Phi) is 6.84. The highest BCUT2D eigenvalue weighted by Gasteiger charge is 2.47. The maximum atomic E-state index is 11.3. The van der Waals surface area contributed by atoms with Crippen LogP contribution in [0.15, 0.2) is 0 Å². The monoisotopic (exact) mass is 324 g/mol. The summed E-state index contributed by atoms with van der Waals surface area (Å²) in [6.45, 7) is -0.824. The normalized spacial score (nSPS) is 20.0. The number of hydrogen-bond acceptors (Lipinski definition) is 8. The van der Waals surface area contributed by atoms with Crippen LogP contribution in [-0.4, -0.2) is 78.9 Å². The largest absolute Gasteiger partial charge is 0.476 e. The molecule has 0 aliphatic heterocycles. The minimum absolute atomic E-state index is 0.783. The van der Waals surface area contributed by atoms with E-state index in [1.54, 1.807) is 0 Å². The number of aliphatic carboxylic acids is 1. The fraction of sp³-hybridized carbons (Fsp3) is 0.750. The molecule has 10 heteroatoms. The van der Waals surface area contributed by atoms with Gasteiger partial charge in [0.1, 0.15) is 18.3 Å². The summed E-state index contributed by atoms with van der Waals surface area (Å²) in [6, 6.07) is 0. The van der Waals surface area contributed by atoms with Gasteiger partial charge >= 0.3 is 5.97 Å². The van der Waals surface area contributed by atoms with Gasteiger partial charge in [-0.3, -0.25) is 9.59 Å². The van der Waals surface area contributed by atoms with Crippen molar-refractivity contribution in [3.8, 4) is 0 Å². The molecule has 0 bridgehead atoms. The molecular weight excluding hydrogens is 302 g/mol. The van der Waals surface area contributed by atoms with E-state index in [0.29, 0.717) is 0 Å². The summed E-state index contributed by atoms with van der Waals surface area (Å²) in [5, 5.41) is 58.7. The van der Waals surface area contributed by atoms with E-state index in [1.165, 1.54) is 0 Å². The van der Waals surface area contributed by atoms with E-state index in [9.17, 15) is 34.8 Å². The zero-order valence-electron chi connectivity index (χ0n) is 12.8. The highest BCUT2D eigenvalue weighted by Crippen LogP contribution is 2.25. The molecule has 0 aromatic carbocycles. The molecule has 0 heterocycles. The van der Waals surface area contributed by atoms with Crippen LogP contribution in [0.4, 0.5) is 0 Å². The first-order chi connectivity index (χ1) is 10.5. The van der Waals surface area contributed by atoms with Crippen LogP contribution >= 0.6 is 0 Å². The molecule has 0 radical (unpaired) electrons. The topological polar surface area (TPSA) is 185 Å². The number of aliphatic hydroxyl groups excluding tert-OH is 4. The van der Waals surface area contributed by atoms with E-state index in [4.69, 9.17) is 11.6 Å². The second-order valence-corrected chi connectivity index (χ2v) is 4.82. The number of carbonyl (C=O) groups is 3. The first-order valence-electron chi connectivity index (χ1n) is 6.93. The van der Waals surface area contributed by atoms with Crippen molar-refractivity contribution < 1.29 is 46.4 Å². The highest BCUT2D eigenvalue weighted by molar-refractivity contribution is 6.32. The molecule has 0 unspecified atom stereocenters. The van der Waals surface area contributed by atoms with Crippen LogP contribution in [-0.2, 0) is 14.4 Å². The minimum atomic E-state index is -2.77. The number of amides is 1. The van der Waals surface area contributed by atoms with Gasteiger partial charge in [-0.1, -0.05) is 6.90 Å². The number of ketones is 1. The Morgan fingerprint density at radius 1 is 1.27 bits per heavy atom. The summed E-state index contributed by atoms with van der Waals surface area (Å²) in [7, 11) is 0. The third kappa shape index (κ3) is 5.00. The molecule has 5 atom stereocenters. The zero-order valence-corrected chi connectivity index (χ0v) is 11.8. The Morgan fingerprint density at radius 2 is 1.82 bits per heavy atom. The average molecular weight is 324 g/mol.